The Morgan fingerprint density at radius 2 is 1.95 bits per heavy atom. The normalized spacial score (nSPS) is 18.6. The fraction of sp³-hybridized carbons (Fsp3) is 0.370. The molecule has 38 heavy (non-hydrogen) atoms. The molecule has 0 spiro atoms. The number of anilines is 1. The minimum atomic E-state index is -3.69. The van der Waals surface area contributed by atoms with Crippen molar-refractivity contribution in [2.75, 3.05) is 44.4 Å². The molecule has 0 aliphatic carbocycles. The van der Waals surface area contributed by atoms with E-state index < -0.39 is 10.0 Å². The van der Waals surface area contributed by atoms with E-state index in [1.165, 1.54) is 0 Å². The standard InChI is InChI=1S/C27H30N6O4S/c1-17-3-4-20(38(34,35)30-13-19-15-37-16-19)11-23(17)24-12-25(33-9-10-36-14-18(33)2)32-27(31-24)22-6-8-29-26-21(22)5-7-28-26/h3-8,11-12,18-19,30H,9-10,13-16H2,1-2H3,(H,28,29)/t18-/m1/s1. The first-order valence-electron chi connectivity index (χ1n) is 12.7. The van der Waals surface area contributed by atoms with Gasteiger partial charge in [-0.1, -0.05) is 6.07 Å². The second-order valence-corrected chi connectivity index (χ2v) is 11.6. The fourth-order valence-corrected chi connectivity index (χ4v) is 5.96. The Morgan fingerprint density at radius 1 is 1.08 bits per heavy atom. The third-order valence-electron chi connectivity index (χ3n) is 7.14. The van der Waals surface area contributed by atoms with Gasteiger partial charge in [-0.05, 0) is 43.7 Å². The van der Waals surface area contributed by atoms with Crippen LogP contribution in [0.3, 0.4) is 0 Å². The van der Waals surface area contributed by atoms with Gasteiger partial charge in [0.25, 0.3) is 0 Å². The third kappa shape index (κ3) is 4.78. The van der Waals surface area contributed by atoms with E-state index in [2.05, 4.69) is 26.5 Å². The Hall–Kier alpha value is -3.38. The quantitative estimate of drug-likeness (QED) is 0.371. The zero-order valence-electron chi connectivity index (χ0n) is 21.3. The maximum absolute atomic E-state index is 13.1. The number of hydrogen-bond acceptors (Lipinski definition) is 8. The Kier molecular flexibility index (Phi) is 6.60. The van der Waals surface area contributed by atoms with Crippen LogP contribution in [0.4, 0.5) is 5.82 Å². The van der Waals surface area contributed by atoms with E-state index in [9.17, 15) is 8.42 Å². The van der Waals surface area contributed by atoms with Gasteiger partial charge in [0.05, 0.1) is 43.1 Å². The van der Waals surface area contributed by atoms with Gasteiger partial charge in [0.15, 0.2) is 5.82 Å². The highest BCUT2D eigenvalue weighted by atomic mass is 32.2. The van der Waals surface area contributed by atoms with Crippen LogP contribution in [0.25, 0.3) is 33.7 Å². The minimum absolute atomic E-state index is 0.136. The predicted octanol–water partition coefficient (Wildman–Crippen LogP) is 3.15. The summed E-state index contributed by atoms with van der Waals surface area (Å²) in [7, 11) is -3.69. The average Bonchev–Trinajstić information content (AvgIpc) is 3.37. The summed E-state index contributed by atoms with van der Waals surface area (Å²) in [6.07, 6.45) is 3.58. The molecule has 2 N–H and O–H groups in total. The van der Waals surface area contributed by atoms with Crippen LogP contribution in [0.5, 0.6) is 0 Å². The first-order chi connectivity index (χ1) is 18.4. The average molecular weight is 535 g/mol. The van der Waals surface area contributed by atoms with Crippen LogP contribution >= 0.6 is 0 Å². The summed E-state index contributed by atoms with van der Waals surface area (Å²) in [5.41, 5.74) is 3.93. The molecule has 6 rings (SSSR count). The summed E-state index contributed by atoms with van der Waals surface area (Å²) in [6, 6.07) is 11.1. The number of nitrogens with one attached hydrogen (secondary N) is 2. The molecule has 1 aromatic carbocycles. The van der Waals surface area contributed by atoms with Crippen molar-refractivity contribution in [3.05, 3.63) is 54.4 Å². The molecule has 1 atom stereocenters. The number of sulfonamides is 1. The van der Waals surface area contributed by atoms with E-state index in [4.69, 9.17) is 19.4 Å². The van der Waals surface area contributed by atoms with Gasteiger partial charge in [-0.2, -0.15) is 0 Å². The molecule has 2 aliphatic heterocycles. The van der Waals surface area contributed by atoms with Crippen molar-refractivity contribution in [3.8, 4) is 22.6 Å². The van der Waals surface area contributed by atoms with Crippen molar-refractivity contribution in [2.24, 2.45) is 5.92 Å². The van der Waals surface area contributed by atoms with Crippen LogP contribution < -0.4 is 9.62 Å². The lowest BCUT2D eigenvalue weighted by molar-refractivity contribution is -0.0283. The van der Waals surface area contributed by atoms with Gasteiger partial charge in [-0.25, -0.2) is 28.1 Å². The Balaban J connectivity index is 1.46. The van der Waals surface area contributed by atoms with E-state index in [0.29, 0.717) is 51.0 Å². The predicted molar refractivity (Wildman–Crippen MR) is 144 cm³/mol. The molecule has 10 nitrogen and oxygen atoms in total. The van der Waals surface area contributed by atoms with Gasteiger partial charge in [-0.15, -0.1) is 0 Å². The maximum Gasteiger partial charge on any atom is 0.240 e. The Bertz CT molecular complexity index is 1580. The molecule has 2 fully saturated rings. The molecule has 2 aliphatic rings. The number of morpholine rings is 1. The number of benzene rings is 1. The zero-order valence-corrected chi connectivity index (χ0v) is 22.2. The molecule has 0 amide bonds. The smallest absolute Gasteiger partial charge is 0.240 e. The summed E-state index contributed by atoms with van der Waals surface area (Å²) in [6.45, 7) is 7.51. The van der Waals surface area contributed by atoms with Crippen molar-refractivity contribution in [1.29, 1.82) is 0 Å². The lowest BCUT2D eigenvalue weighted by Gasteiger charge is -2.34. The highest BCUT2D eigenvalue weighted by Crippen LogP contribution is 2.33. The summed E-state index contributed by atoms with van der Waals surface area (Å²) >= 11 is 0. The Morgan fingerprint density at radius 3 is 2.74 bits per heavy atom. The van der Waals surface area contributed by atoms with Gasteiger partial charge in [0.2, 0.25) is 10.0 Å². The monoisotopic (exact) mass is 534 g/mol. The van der Waals surface area contributed by atoms with Crippen molar-refractivity contribution in [2.45, 2.75) is 24.8 Å². The number of ether oxygens (including phenoxy) is 2. The van der Waals surface area contributed by atoms with Crippen LogP contribution in [0, 0.1) is 12.8 Å². The van der Waals surface area contributed by atoms with E-state index in [-0.39, 0.29) is 16.9 Å². The van der Waals surface area contributed by atoms with Crippen LogP contribution in [0.2, 0.25) is 0 Å². The lowest BCUT2D eigenvalue weighted by Crippen LogP contribution is -2.44. The van der Waals surface area contributed by atoms with Gasteiger partial charge in [0, 0.05) is 54.0 Å². The summed E-state index contributed by atoms with van der Waals surface area (Å²) in [5, 5.41) is 0.919. The number of aromatic nitrogens is 4. The van der Waals surface area contributed by atoms with E-state index in [0.717, 1.165) is 33.5 Å². The van der Waals surface area contributed by atoms with E-state index in [1.54, 1.807) is 18.3 Å². The van der Waals surface area contributed by atoms with Crippen LogP contribution in [0.1, 0.15) is 12.5 Å². The summed E-state index contributed by atoms with van der Waals surface area (Å²) in [4.78, 5) is 19.9. The van der Waals surface area contributed by atoms with Crippen molar-refractivity contribution in [1.82, 2.24) is 24.7 Å². The number of nitrogens with zero attached hydrogens (tertiary/aromatic N) is 4. The lowest BCUT2D eigenvalue weighted by atomic mass is 10.0. The van der Waals surface area contributed by atoms with Crippen molar-refractivity contribution >= 4 is 26.9 Å². The molecule has 0 radical (unpaired) electrons. The second kappa shape index (κ2) is 10.1. The number of aromatic amines is 1. The van der Waals surface area contributed by atoms with Gasteiger partial charge >= 0.3 is 0 Å². The maximum atomic E-state index is 13.1. The molecule has 11 heteroatoms. The van der Waals surface area contributed by atoms with Crippen LogP contribution in [-0.4, -0.2) is 73.9 Å². The topological polar surface area (TPSA) is 122 Å². The van der Waals surface area contributed by atoms with Gasteiger partial charge in [0.1, 0.15) is 11.5 Å². The molecular formula is C27H30N6O4S. The van der Waals surface area contributed by atoms with Gasteiger partial charge in [-0.3, -0.25) is 0 Å². The number of H-pyrrole nitrogens is 1. The molecular weight excluding hydrogens is 504 g/mol. The number of hydrogen-bond donors (Lipinski definition) is 2. The largest absolute Gasteiger partial charge is 0.381 e. The molecule has 4 aromatic rings. The minimum Gasteiger partial charge on any atom is -0.381 e. The van der Waals surface area contributed by atoms with E-state index >= 15 is 0 Å². The van der Waals surface area contributed by atoms with Gasteiger partial charge < -0.3 is 19.4 Å². The van der Waals surface area contributed by atoms with Crippen LogP contribution in [0.15, 0.2) is 53.7 Å². The van der Waals surface area contributed by atoms with Crippen LogP contribution in [-0.2, 0) is 19.5 Å². The number of rotatable bonds is 7. The summed E-state index contributed by atoms with van der Waals surface area (Å²) in [5.74, 6) is 1.54. The molecule has 198 valence electrons. The Labute approximate surface area is 221 Å². The fourth-order valence-electron chi connectivity index (χ4n) is 4.82. The highest BCUT2D eigenvalue weighted by molar-refractivity contribution is 7.89. The number of pyridine rings is 1. The first kappa shape index (κ1) is 24.9. The van der Waals surface area contributed by atoms with Crippen molar-refractivity contribution < 1.29 is 17.9 Å². The third-order valence-corrected chi connectivity index (χ3v) is 8.56. The highest BCUT2D eigenvalue weighted by Gasteiger charge is 2.25. The zero-order chi connectivity index (χ0) is 26.3. The van der Waals surface area contributed by atoms with Crippen molar-refractivity contribution in [3.63, 3.8) is 0 Å². The molecule has 5 heterocycles. The molecule has 0 bridgehead atoms. The molecule has 0 saturated carbocycles. The number of fused-ring (bicyclic) bond motifs is 1. The first-order valence-corrected chi connectivity index (χ1v) is 14.2. The molecule has 0 unspecified atom stereocenters. The molecule has 2 saturated heterocycles. The SMILES string of the molecule is Cc1ccc(S(=O)(=O)NCC2COC2)cc1-c1cc(N2CCOC[C@H]2C)nc(-c2ccnc3[nH]ccc23)n1. The summed E-state index contributed by atoms with van der Waals surface area (Å²) < 4.78 is 39.8. The number of aryl methyl sites for hydroxylation is 1. The molecule has 3 aromatic heterocycles. The van der Waals surface area contributed by atoms with E-state index in [1.807, 2.05) is 37.4 Å². The second-order valence-electron chi connectivity index (χ2n) is 9.88.